The molecule has 28 heavy (non-hydrogen) atoms. The van der Waals surface area contributed by atoms with Crippen LogP contribution in [0.2, 0.25) is 0 Å². The fourth-order valence-corrected chi connectivity index (χ4v) is 3.40. The van der Waals surface area contributed by atoms with Gasteiger partial charge in [-0.1, -0.05) is 42.5 Å². The molecule has 1 unspecified atom stereocenters. The largest absolute Gasteiger partial charge is 0.484 e. The summed E-state index contributed by atoms with van der Waals surface area (Å²) < 4.78 is 28.4. The highest BCUT2D eigenvalue weighted by molar-refractivity contribution is 7.89. The Morgan fingerprint density at radius 1 is 1.04 bits per heavy atom. The lowest BCUT2D eigenvalue weighted by Gasteiger charge is -2.25. The summed E-state index contributed by atoms with van der Waals surface area (Å²) in [5.74, 6) is 0.446. The van der Waals surface area contributed by atoms with E-state index >= 15 is 0 Å². The number of sulfonamides is 1. The Morgan fingerprint density at radius 2 is 1.68 bits per heavy atom. The smallest absolute Gasteiger partial charge is 0.260 e. The summed E-state index contributed by atoms with van der Waals surface area (Å²) in [6.07, 6.45) is 0. The molecule has 0 aliphatic carbocycles. The number of amides is 1. The van der Waals surface area contributed by atoms with Crippen LogP contribution in [-0.2, 0) is 14.8 Å². The van der Waals surface area contributed by atoms with E-state index in [1.807, 2.05) is 49.4 Å². The molecule has 0 aliphatic rings. The third kappa shape index (κ3) is 4.49. The SMILES string of the molecule is CC(c1ccc(S(N)(=O)=O)cc1)N(C)C(=O)COc1ccc2ccccc2c1. The van der Waals surface area contributed by atoms with Crippen molar-refractivity contribution in [2.75, 3.05) is 13.7 Å². The van der Waals surface area contributed by atoms with Crippen molar-refractivity contribution >= 4 is 26.7 Å². The van der Waals surface area contributed by atoms with Gasteiger partial charge in [0.15, 0.2) is 6.61 Å². The van der Waals surface area contributed by atoms with Crippen LogP contribution in [0.5, 0.6) is 5.75 Å². The predicted octanol–water partition coefficient (Wildman–Crippen LogP) is 3.09. The summed E-state index contributed by atoms with van der Waals surface area (Å²) >= 11 is 0. The maximum absolute atomic E-state index is 12.5. The summed E-state index contributed by atoms with van der Waals surface area (Å²) in [6, 6.07) is 19.5. The molecule has 0 aliphatic heterocycles. The molecule has 1 atom stereocenters. The molecule has 0 saturated carbocycles. The van der Waals surface area contributed by atoms with Gasteiger partial charge in [-0.2, -0.15) is 0 Å². The number of benzene rings is 3. The molecule has 1 amide bonds. The predicted molar refractivity (Wildman–Crippen MR) is 108 cm³/mol. The van der Waals surface area contributed by atoms with Gasteiger partial charge in [0.1, 0.15) is 5.75 Å². The van der Waals surface area contributed by atoms with Crippen LogP contribution in [-0.4, -0.2) is 32.9 Å². The van der Waals surface area contributed by atoms with E-state index in [2.05, 4.69) is 0 Å². The second-order valence-electron chi connectivity index (χ2n) is 6.59. The fourth-order valence-electron chi connectivity index (χ4n) is 2.88. The van der Waals surface area contributed by atoms with Gasteiger partial charge >= 0.3 is 0 Å². The van der Waals surface area contributed by atoms with E-state index in [0.29, 0.717) is 5.75 Å². The van der Waals surface area contributed by atoms with E-state index in [-0.39, 0.29) is 23.5 Å². The lowest BCUT2D eigenvalue weighted by atomic mass is 10.1. The summed E-state index contributed by atoms with van der Waals surface area (Å²) in [4.78, 5) is 14.1. The van der Waals surface area contributed by atoms with Gasteiger partial charge in [0.25, 0.3) is 5.91 Å². The second-order valence-corrected chi connectivity index (χ2v) is 8.15. The van der Waals surface area contributed by atoms with Crippen molar-refractivity contribution in [1.29, 1.82) is 0 Å². The topological polar surface area (TPSA) is 89.7 Å². The molecule has 0 radical (unpaired) electrons. The molecule has 146 valence electrons. The average molecular weight is 398 g/mol. The Kier molecular flexibility index (Phi) is 5.67. The number of carbonyl (C=O) groups excluding carboxylic acids is 1. The van der Waals surface area contributed by atoms with Gasteiger partial charge in [-0.15, -0.1) is 0 Å². The molecule has 0 heterocycles. The molecular formula is C21H22N2O4S. The van der Waals surface area contributed by atoms with Gasteiger partial charge in [0, 0.05) is 7.05 Å². The Balaban J connectivity index is 1.64. The normalized spacial score (nSPS) is 12.5. The summed E-state index contributed by atoms with van der Waals surface area (Å²) in [5.41, 5.74) is 0.800. The highest BCUT2D eigenvalue weighted by Crippen LogP contribution is 2.22. The van der Waals surface area contributed by atoms with Crippen LogP contribution in [0.1, 0.15) is 18.5 Å². The Bertz CT molecular complexity index is 1090. The maximum atomic E-state index is 12.5. The van der Waals surface area contributed by atoms with Gasteiger partial charge < -0.3 is 9.64 Å². The first-order valence-corrected chi connectivity index (χ1v) is 10.3. The molecule has 0 bridgehead atoms. The molecule has 7 heteroatoms. The first-order chi connectivity index (χ1) is 13.3. The summed E-state index contributed by atoms with van der Waals surface area (Å²) in [6.45, 7) is 1.77. The third-order valence-corrected chi connectivity index (χ3v) is 5.68. The standard InChI is InChI=1S/C21H22N2O4S/c1-15(16-8-11-20(12-9-16)28(22,25)26)23(2)21(24)14-27-19-10-7-17-5-3-4-6-18(17)13-19/h3-13,15H,14H2,1-2H3,(H2,22,25,26). The van der Waals surface area contributed by atoms with E-state index in [9.17, 15) is 13.2 Å². The number of rotatable bonds is 6. The van der Waals surface area contributed by atoms with Crippen molar-refractivity contribution in [2.45, 2.75) is 17.9 Å². The minimum absolute atomic E-state index is 0.0390. The van der Waals surface area contributed by atoms with Crippen molar-refractivity contribution in [2.24, 2.45) is 5.14 Å². The van der Waals surface area contributed by atoms with Crippen molar-refractivity contribution in [3.8, 4) is 5.75 Å². The van der Waals surface area contributed by atoms with Gasteiger partial charge in [0.05, 0.1) is 10.9 Å². The lowest BCUT2D eigenvalue weighted by Crippen LogP contribution is -2.33. The van der Waals surface area contributed by atoms with E-state index in [4.69, 9.17) is 9.88 Å². The number of nitrogens with zero attached hydrogens (tertiary/aromatic N) is 1. The molecule has 0 fully saturated rings. The number of primary sulfonamides is 1. The minimum Gasteiger partial charge on any atom is -0.484 e. The zero-order valence-electron chi connectivity index (χ0n) is 15.7. The highest BCUT2D eigenvalue weighted by atomic mass is 32.2. The number of hydrogen-bond donors (Lipinski definition) is 1. The molecule has 0 saturated heterocycles. The van der Waals surface area contributed by atoms with E-state index in [1.54, 1.807) is 24.1 Å². The number of likely N-dealkylation sites (N-methyl/N-ethyl adjacent to an activating group) is 1. The zero-order chi connectivity index (χ0) is 20.3. The second kappa shape index (κ2) is 8.00. The number of hydrogen-bond acceptors (Lipinski definition) is 4. The van der Waals surface area contributed by atoms with Crippen LogP contribution in [0.4, 0.5) is 0 Å². The monoisotopic (exact) mass is 398 g/mol. The fraction of sp³-hybridized carbons (Fsp3) is 0.190. The number of nitrogens with two attached hydrogens (primary N) is 1. The van der Waals surface area contributed by atoms with Crippen LogP contribution < -0.4 is 9.88 Å². The summed E-state index contributed by atoms with van der Waals surface area (Å²) in [7, 11) is -2.05. The van der Waals surface area contributed by atoms with Gasteiger partial charge in [-0.05, 0) is 47.5 Å². The van der Waals surface area contributed by atoms with Crippen LogP contribution in [0, 0.1) is 0 Å². The van der Waals surface area contributed by atoms with E-state index < -0.39 is 10.0 Å². The lowest BCUT2D eigenvalue weighted by molar-refractivity contribution is -0.134. The van der Waals surface area contributed by atoms with Gasteiger partial charge in [-0.25, -0.2) is 13.6 Å². The molecule has 0 spiro atoms. The molecule has 3 aromatic carbocycles. The number of ether oxygens (including phenoxy) is 1. The van der Waals surface area contributed by atoms with Gasteiger partial charge in [0.2, 0.25) is 10.0 Å². The van der Waals surface area contributed by atoms with E-state index in [0.717, 1.165) is 16.3 Å². The van der Waals surface area contributed by atoms with E-state index in [1.165, 1.54) is 12.1 Å². The van der Waals surface area contributed by atoms with Gasteiger partial charge in [-0.3, -0.25) is 4.79 Å². The number of fused-ring (bicyclic) bond motifs is 1. The highest BCUT2D eigenvalue weighted by Gasteiger charge is 2.18. The minimum atomic E-state index is -3.74. The van der Waals surface area contributed by atoms with Crippen LogP contribution >= 0.6 is 0 Å². The molecule has 3 aromatic rings. The first kappa shape index (κ1) is 19.9. The Morgan fingerprint density at radius 3 is 2.32 bits per heavy atom. The molecular weight excluding hydrogens is 376 g/mol. The van der Waals surface area contributed by atoms with Crippen LogP contribution in [0.25, 0.3) is 10.8 Å². The van der Waals surface area contributed by atoms with Crippen molar-refractivity contribution in [3.63, 3.8) is 0 Å². The maximum Gasteiger partial charge on any atom is 0.260 e. The molecule has 6 nitrogen and oxygen atoms in total. The van der Waals surface area contributed by atoms with Crippen LogP contribution in [0.3, 0.4) is 0 Å². The zero-order valence-corrected chi connectivity index (χ0v) is 16.5. The quantitative estimate of drug-likeness (QED) is 0.691. The molecule has 0 aromatic heterocycles. The first-order valence-electron chi connectivity index (χ1n) is 8.76. The summed E-state index contributed by atoms with van der Waals surface area (Å²) in [5, 5.41) is 7.26. The van der Waals surface area contributed by atoms with Crippen molar-refractivity contribution < 1.29 is 17.9 Å². The third-order valence-electron chi connectivity index (χ3n) is 4.75. The number of carbonyl (C=O) groups is 1. The Labute approximate surface area is 164 Å². The van der Waals surface area contributed by atoms with Crippen molar-refractivity contribution in [1.82, 2.24) is 4.90 Å². The van der Waals surface area contributed by atoms with Crippen molar-refractivity contribution in [3.05, 3.63) is 72.3 Å². The molecule has 2 N–H and O–H groups in total. The average Bonchev–Trinajstić information content (AvgIpc) is 2.70. The Hall–Kier alpha value is -2.90. The molecule has 3 rings (SSSR count). The van der Waals surface area contributed by atoms with Crippen LogP contribution in [0.15, 0.2) is 71.6 Å².